The van der Waals surface area contributed by atoms with Crippen molar-refractivity contribution >= 4 is 17.7 Å². The van der Waals surface area contributed by atoms with Gasteiger partial charge in [0.25, 0.3) is 11.5 Å². The lowest BCUT2D eigenvalue weighted by Gasteiger charge is -2.27. The number of hydrogen-bond donors (Lipinski definition) is 1. The summed E-state index contributed by atoms with van der Waals surface area (Å²) in [6.45, 7) is 0. The highest BCUT2D eigenvalue weighted by Gasteiger charge is 2.23. The molecular weight excluding hydrogens is 376 g/mol. The van der Waals surface area contributed by atoms with Crippen LogP contribution in [0.3, 0.4) is 0 Å². The van der Waals surface area contributed by atoms with Crippen LogP contribution >= 0.6 is 0 Å². The molecule has 0 aliphatic heterocycles. The molecule has 30 heavy (non-hydrogen) atoms. The summed E-state index contributed by atoms with van der Waals surface area (Å²) in [6, 6.07) is 20.4. The highest BCUT2D eigenvalue weighted by molar-refractivity contribution is 6.18. The quantitative estimate of drug-likeness (QED) is 0.658. The fourth-order valence-electron chi connectivity index (χ4n) is 3.86. The summed E-state index contributed by atoms with van der Waals surface area (Å²) in [6.07, 6.45) is 6.26. The van der Waals surface area contributed by atoms with Crippen LogP contribution in [-0.2, 0) is 11.2 Å². The number of nitrogens with one attached hydrogen (secondary N) is 1. The van der Waals surface area contributed by atoms with Crippen LogP contribution in [0.15, 0.2) is 77.7 Å². The lowest BCUT2D eigenvalue weighted by Crippen LogP contribution is -2.34. The van der Waals surface area contributed by atoms with Gasteiger partial charge in [0.1, 0.15) is 11.4 Å². The number of amides is 1. The summed E-state index contributed by atoms with van der Waals surface area (Å²) in [5.41, 5.74) is 3.26. The number of pyridine rings is 1. The smallest absolute Gasteiger partial charge is 0.268 e. The number of nitrogens with zero attached hydrogens (tertiary/aromatic N) is 1. The Balaban J connectivity index is 1.69. The van der Waals surface area contributed by atoms with Gasteiger partial charge < -0.3 is 10.1 Å². The molecule has 0 bridgehead atoms. The second-order valence-electron chi connectivity index (χ2n) is 7.33. The molecule has 1 atom stereocenters. The summed E-state index contributed by atoms with van der Waals surface area (Å²) in [7, 11) is 1.61. The maximum Gasteiger partial charge on any atom is 0.268 e. The Morgan fingerprint density at radius 1 is 1.07 bits per heavy atom. The van der Waals surface area contributed by atoms with Gasteiger partial charge in [0.2, 0.25) is 0 Å². The number of benzene rings is 2. The summed E-state index contributed by atoms with van der Waals surface area (Å²) >= 11 is 0. The van der Waals surface area contributed by atoms with Crippen molar-refractivity contribution in [2.24, 2.45) is 0 Å². The highest BCUT2D eigenvalue weighted by Crippen LogP contribution is 2.30. The van der Waals surface area contributed by atoms with Crippen molar-refractivity contribution in [3.63, 3.8) is 0 Å². The molecule has 152 valence electrons. The summed E-state index contributed by atoms with van der Waals surface area (Å²) in [5.74, 6) is 0.453. The molecule has 1 amide bonds. The first-order valence-corrected chi connectivity index (χ1v) is 10.1. The van der Waals surface area contributed by atoms with Crippen molar-refractivity contribution in [1.82, 2.24) is 9.88 Å². The van der Waals surface area contributed by atoms with E-state index < -0.39 is 0 Å². The molecule has 2 aromatic carbocycles. The van der Waals surface area contributed by atoms with Crippen LogP contribution in [0.4, 0.5) is 0 Å². The molecule has 4 rings (SSSR count). The number of rotatable bonds is 5. The van der Waals surface area contributed by atoms with Gasteiger partial charge in [0.15, 0.2) is 0 Å². The maximum atomic E-state index is 13.3. The van der Waals surface area contributed by atoms with Crippen LogP contribution in [0.1, 0.15) is 35.6 Å². The number of ether oxygens (including phenoxy) is 1. The van der Waals surface area contributed by atoms with E-state index in [1.54, 1.807) is 31.5 Å². The molecule has 0 saturated heterocycles. The molecule has 1 aromatic heterocycles. The number of carbonyl (C=O) groups is 1. The van der Waals surface area contributed by atoms with Crippen LogP contribution in [-0.4, -0.2) is 17.6 Å². The molecule has 0 saturated carbocycles. The minimum atomic E-state index is -0.277. The van der Waals surface area contributed by atoms with Crippen molar-refractivity contribution in [2.45, 2.75) is 25.3 Å². The van der Waals surface area contributed by atoms with Crippen molar-refractivity contribution in [2.75, 3.05) is 7.11 Å². The molecule has 5 heteroatoms. The van der Waals surface area contributed by atoms with Crippen LogP contribution in [0.5, 0.6) is 5.75 Å². The van der Waals surface area contributed by atoms with Gasteiger partial charge >= 0.3 is 0 Å². The van der Waals surface area contributed by atoms with Crippen molar-refractivity contribution in [1.29, 1.82) is 0 Å². The third kappa shape index (κ3) is 4.20. The number of aryl methyl sites for hydroxylation is 1. The zero-order valence-corrected chi connectivity index (χ0v) is 16.9. The van der Waals surface area contributed by atoms with Crippen LogP contribution < -0.4 is 15.6 Å². The van der Waals surface area contributed by atoms with E-state index in [1.165, 1.54) is 16.2 Å². The van der Waals surface area contributed by atoms with Crippen molar-refractivity contribution < 1.29 is 9.53 Å². The van der Waals surface area contributed by atoms with Crippen LogP contribution in [0.2, 0.25) is 0 Å². The number of methoxy groups -OCH3 is 1. The van der Waals surface area contributed by atoms with Gasteiger partial charge in [-0.25, -0.2) is 0 Å². The molecule has 0 fully saturated rings. The van der Waals surface area contributed by atoms with Gasteiger partial charge in [-0.2, -0.15) is 0 Å². The Morgan fingerprint density at radius 3 is 2.60 bits per heavy atom. The zero-order chi connectivity index (χ0) is 20.9. The first-order valence-electron chi connectivity index (χ1n) is 10.1. The molecule has 0 spiro atoms. The summed E-state index contributed by atoms with van der Waals surface area (Å²) in [5, 5.41) is 3.15. The zero-order valence-electron chi connectivity index (χ0n) is 16.9. The van der Waals surface area contributed by atoms with Crippen LogP contribution in [0, 0.1) is 0 Å². The van der Waals surface area contributed by atoms with E-state index in [1.807, 2.05) is 36.4 Å². The Kier molecular flexibility index (Phi) is 5.80. The average molecular weight is 400 g/mol. The van der Waals surface area contributed by atoms with E-state index in [9.17, 15) is 9.59 Å². The summed E-state index contributed by atoms with van der Waals surface area (Å²) < 4.78 is 6.59. The first-order chi connectivity index (χ1) is 14.7. The third-order valence-corrected chi connectivity index (χ3v) is 5.41. The second kappa shape index (κ2) is 8.82. The minimum absolute atomic E-state index is 0.0684. The largest absolute Gasteiger partial charge is 0.497 e. The molecule has 1 N–H and O–H groups in total. The molecule has 1 unspecified atom stereocenters. The number of aromatic nitrogens is 1. The molecule has 3 aromatic rings. The predicted molar refractivity (Wildman–Crippen MR) is 118 cm³/mol. The average Bonchev–Trinajstić information content (AvgIpc) is 2.79. The van der Waals surface area contributed by atoms with E-state index in [4.69, 9.17) is 4.74 Å². The van der Waals surface area contributed by atoms with E-state index in [0.29, 0.717) is 0 Å². The van der Waals surface area contributed by atoms with Crippen molar-refractivity contribution in [3.05, 3.63) is 100.0 Å². The van der Waals surface area contributed by atoms with E-state index in [-0.39, 0.29) is 23.2 Å². The Hall–Kier alpha value is -3.60. The Labute approximate surface area is 175 Å². The molecule has 1 aliphatic rings. The predicted octanol–water partition coefficient (Wildman–Crippen LogP) is 4.05. The van der Waals surface area contributed by atoms with Crippen LogP contribution in [0.25, 0.3) is 11.8 Å². The molecule has 0 radical (unpaired) electrons. The lowest BCUT2D eigenvalue weighted by molar-refractivity contribution is -0.116. The van der Waals surface area contributed by atoms with Gasteiger partial charge in [0.05, 0.1) is 13.2 Å². The summed E-state index contributed by atoms with van der Waals surface area (Å²) in [4.78, 5) is 25.8. The highest BCUT2D eigenvalue weighted by atomic mass is 16.5. The van der Waals surface area contributed by atoms with Gasteiger partial charge in [-0.15, -0.1) is 0 Å². The lowest BCUT2D eigenvalue weighted by atomic mass is 9.87. The van der Waals surface area contributed by atoms with Gasteiger partial charge in [0, 0.05) is 12.3 Å². The molecular formula is C25H24N2O3. The van der Waals surface area contributed by atoms with Gasteiger partial charge in [-0.1, -0.05) is 42.5 Å². The molecule has 5 nitrogen and oxygen atoms in total. The first kappa shape index (κ1) is 19.7. The SMILES string of the molecule is COc1ccc(/C=C(/C(=O)NC2CCCc3ccccc32)n2ccccc2=O)cc1. The number of hydrogen-bond acceptors (Lipinski definition) is 3. The van der Waals surface area contributed by atoms with E-state index in [0.717, 1.165) is 36.1 Å². The number of fused-ring (bicyclic) bond motifs is 1. The van der Waals surface area contributed by atoms with Gasteiger partial charge in [-0.3, -0.25) is 14.2 Å². The number of carbonyl (C=O) groups excluding carboxylic acids is 1. The van der Waals surface area contributed by atoms with E-state index in [2.05, 4.69) is 17.4 Å². The van der Waals surface area contributed by atoms with Gasteiger partial charge in [-0.05, 0) is 60.2 Å². The topological polar surface area (TPSA) is 60.3 Å². The second-order valence-corrected chi connectivity index (χ2v) is 7.33. The maximum absolute atomic E-state index is 13.3. The van der Waals surface area contributed by atoms with E-state index >= 15 is 0 Å². The Morgan fingerprint density at radius 2 is 1.83 bits per heavy atom. The Bertz CT molecular complexity index is 1130. The molecule has 1 aliphatic carbocycles. The van der Waals surface area contributed by atoms with Crippen molar-refractivity contribution in [3.8, 4) is 5.75 Å². The standard InChI is InChI=1S/C25H24N2O3/c1-30-20-14-12-18(13-15-20)17-23(27-16-5-4-11-24(27)28)25(29)26-22-10-6-8-19-7-2-3-9-21(19)22/h2-5,7,9,11-17,22H,6,8,10H2,1H3,(H,26,29)/b23-17-. The third-order valence-electron chi connectivity index (χ3n) is 5.41. The monoisotopic (exact) mass is 400 g/mol. The fourth-order valence-corrected chi connectivity index (χ4v) is 3.86. The molecule has 1 heterocycles. The minimum Gasteiger partial charge on any atom is -0.497 e. The normalized spacial score (nSPS) is 15.9. The fraction of sp³-hybridized carbons (Fsp3) is 0.200.